The van der Waals surface area contributed by atoms with Crippen LogP contribution in [0.1, 0.15) is 38.8 Å². The zero-order valence-electron chi connectivity index (χ0n) is 13.3. The third-order valence-corrected chi connectivity index (χ3v) is 3.19. The molecule has 2 rings (SSSR count). The predicted molar refractivity (Wildman–Crippen MR) is 86.8 cm³/mol. The molecule has 0 saturated carbocycles. The van der Waals surface area contributed by atoms with E-state index in [9.17, 15) is 4.79 Å². The van der Waals surface area contributed by atoms with Crippen molar-refractivity contribution >= 4 is 11.9 Å². The third kappa shape index (κ3) is 4.65. The van der Waals surface area contributed by atoms with Gasteiger partial charge in [0, 0.05) is 17.5 Å². The molecule has 1 heterocycles. The number of guanidine groups is 1. The van der Waals surface area contributed by atoms with E-state index < -0.39 is 0 Å². The summed E-state index contributed by atoms with van der Waals surface area (Å²) in [5.74, 6) is 0.951. The van der Waals surface area contributed by atoms with E-state index in [4.69, 9.17) is 10.5 Å². The van der Waals surface area contributed by atoms with E-state index in [1.165, 1.54) is 0 Å². The Labute approximate surface area is 131 Å². The Balaban J connectivity index is 1.92. The SMILES string of the molecule is CC(C)(C)NC(N)=NCC(=O)NC1CCOc2ccccc21. The van der Waals surface area contributed by atoms with Gasteiger partial charge in [-0.05, 0) is 26.8 Å². The number of rotatable bonds is 3. The molecule has 6 heteroatoms. The number of amides is 1. The molecule has 1 atom stereocenters. The second-order valence-corrected chi connectivity index (χ2v) is 6.37. The maximum absolute atomic E-state index is 12.0. The van der Waals surface area contributed by atoms with Crippen LogP contribution in [0.25, 0.3) is 0 Å². The average Bonchev–Trinajstić information content (AvgIpc) is 2.44. The van der Waals surface area contributed by atoms with Crippen molar-refractivity contribution in [3.63, 3.8) is 0 Å². The van der Waals surface area contributed by atoms with Crippen molar-refractivity contribution in [2.45, 2.75) is 38.8 Å². The number of carbonyl (C=O) groups is 1. The molecule has 0 aliphatic carbocycles. The first-order valence-corrected chi connectivity index (χ1v) is 7.44. The largest absolute Gasteiger partial charge is 0.493 e. The topological polar surface area (TPSA) is 88.7 Å². The molecule has 1 unspecified atom stereocenters. The first kappa shape index (κ1) is 16.1. The number of nitrogens with zero attached hydrogens (tertiary/aromatic N) is 1. The summed E-state index contributed by atoms with van der Waals surface area (Å²) in [5.41, 5.74) is 6.59. The highest BCUT2D eigenvalue weighted by Gasteiger charge is 2.22. The maximum Gasteiger partial charge on any atom is 0.242 e. The molecule has 6 nitrogen and oxygen atoms in total. The number of nitrogens with one attached hydrogen (secondary N) is 2. The number of benzene rings is 1. The van der Waals surface area contributed by atoms with E-state index in [-0.39, 0.29) is 30.0 Å². The van der Waals surface area contributed by atoms with Crippen LogP contribution in [0.2, 0.25) is 0 Å². The fourth-order valence-electron chi connectivity index (χ4n) is 2.31. The maximum atomic E-state index is 12.0. The smallest absolute Gasteiger partial charge is 0.242 e. The Bertz CT molecular complexity index is 564. The lowest BCUT2D eigenvalue weighted by Gasteiger charge is -2.26. The van der Waals surface area contributed by atoms with Crippen LogP contribution in [0.15, 0.2) is 29.3 Å². The molecule has 0 fully saturated rings. The van der Waals surface area contributed by atoms with Crippen molar-refractivity contribution in [1.82, 2.24) is 10.6 Å². The molecule has 22 heavy (non-hydrogen) atoms. The first-order valence-electron chi connectivity index (χ1n) is 7.44. The fraction of sp³-hybridized carbons (Fsp3) is 0.500. The zero-order chi connectivity index (χ0) is 16.2. The van der Waals surface area contributed by atoms with Gasteiger partial charge in [-0.2, -0.15) is 0 Å². The van der Waals surface area contributed by atoms with Gasteiger partial charge in [0.2, 0.25) is 5.91 Å². The van der Waals surface area contributed by atoms with E-state index in [0.29, 0.717) is 6.61 Å². The Kier molecular flexibility index (Phi) is 4.90. The summed E-state index contributed by atoms with van der Waals surface area (Å²) < 4.78 is 5.58. The van der Waals surface area contributed by atoms with Crippen LogP contribution in [-0.2, 0) is 4.79 Å². The molecule has 0 bridgehead atoms. The highest BCUT2D eigenvalue weighted by Crippen LogP contribution is 2.31. The highest BCUT2D eigenvalue weighted by atomic mass is 16.5. The normalized spacial score (nSPS) is 18.1. The standard InChI is InChI=1S/C16H24N4O2/c1-16(2,3)20-15(17)18-10-14(21)19-12-8-9-22-13-7-5-4-6-11(12)13/h4-7,12H,8-10H2,1-3H3,(H,19,21)(H3,17,18,20). The minimum absolute atomic E-state index is 0.00837. The number of nitrogens with two attached hydrogens (primary N) is 1. The summed E-state index contributed by atoms with van der Waals surface area (Å²) in [4.78, 5) is 16.1. The average molecular weight is 304 g/mol. The minimum atomic E-state index is -0.177. The summed E-state index contributed by atoms with van der Waals surface area (Å²) in [5, 5.41) is 6.01. The van der Waals surface area contributed by atoms with Gasteiger partial charge in [0.05, 0.1) is 12.6 Å². The monoisotopic (exact) mass is 304 g/mol. The summed E-state index contributed by atoms with van der Waals surface area (Å²) >= 11 is 0. The molecule has 1 aromatic carbocycles. The van der Waals surface area contributed by atoms with Crippen molar-refractivity contribution < 1.29 is 9.53 Å². The lowest BCUT2D eigenvalue weighted by atomic mass is 10.0. The Morgan fingerprint density at radius 2 is 2.14 bits per heavy atom. The number of hydrogen-bond acceptors (Lipinski definition) is 3. The van der Waals surface area contributed by atoms with Crippen molar-refractivity contribution in [2.75, 3.05) is 13.2 Å². The molecule has 0 aromatic heterocycles. The van der Waals surface area contributed by atoms with E-state index in [2.05, 4.69) is 15.6 Å². The first-order chi connectivity index (χ1) is 10.3. The number of para-hydroxylation sites is 1. The van der Waals surface area contributed by atoms with Crippen molar-refractivity contribution in [1.29, 1.82) is 0 Å². The number of ether oxygens (including phenoxy) is 1. The highest BCUT2D eigenvalue weighted by molar-refractivity contribution is 5.84. The molecule has 1 aromatic rings. The molecule has 0 spiro atoms. The predicted octanol–water partition coefficient (Wildman–Crippen LogP) is 1.33. The molecular weight excluding hydrogens is 280 g/mol. The number of hydrogen-bond donors (Lipinski definition) is 3. The van der Waals surface area contributed by atoms with Gasteiger partial charge in [-0.15, -0.1) is 0 Å². The Morgan fingerprint density at radius 3 is 2.86 bits per heavy atom. The third-order valence-electron chi connectivity index (χ3n) is 3.19. The van der Waals surface area contributed by atoms with Crippen LogP contribution in [0.3, 0.4) is 0 Å². The van der Waals surface area contributed by atoms with Gasteiger partial charge in [-0.3, -0.25) is 4.79 Å². The van der Waals surface area contributed by atoms with Gasteiger partial charge in [0.25, 0.3) is 0 Å². The second kappa shape index (κ2) is 6.68. The second-order valence-electron chi connectivity index (χ2n) is 6.37. The Morgan fingerprint density at radius 1 is 1.41 bits per heavy atom. The summed E-state index contributed by atoms with van der Waals surface area (Å²) in [7, 11) is 0. The van der Waals surface area contributed by atoms with Gasteiger partial charge in [0.1, 0.15) is 12.3 Å². The van der Waals surface area contributed by atoms with Gasteiger partial charge < -0.3 is 21.1 Å². The van der Waals surface area contributed by atoms with Crippen LogP contribution < -0.4 is 21.1 Å². The van der Waals surface area contributed by atoms with Crippen molar-refractivity contribution in [3.05, 3.63) is 29.8 Å². The zero-order valence-corrected chi connectivity index (χ0v) is 13.3. The molecule has 1 aliphatic rings. The lowest BCUT2D eigenvalue weighted by molar-refractivity contribution is -0.120. The van der Waals surface area contributed by atoms with E-state index >= 15 is 0 Å². The number of aliphatic imine (C=N–C) groups is 1. The molecular formula is C16H24N4O2. The van der Waals surface area contributed by atoms with Gasteiger partial charge >= 0.3 is 0 Å². The number of carbonyl (C=O) groups excluding carboxylic acids is 1. The molecule has 1 amide bonds. The summed E-state index contributed by atoms with van der Waals surface area (Å²) in [6.07, 6.45) is 0.752. The molecule has 4 N–H and O–H groups in total. The Hall–Kier alpha value is -2.24. The van der Waals surface area contributed by atoms with Gasteiger partial charge in [-0.25, -0.2) is 4.99 Å². The molecule has 0 radical (unpaired) electrons. The van der Waals surface area contributed by atoms with Gasteiger partial charge in [-0.1, -0.05) is 18.2 Å². The van der Waals surface area contributed by atoms with Crippen LogP contribution >= 0.6 is 0 Å². The van der Waals surface area contributed by atoms with Crippen LogP contribution in [-0.4, -0.2) is 30.6 Å². The molecule has 1 aliphatic heterocycles. The van der Waals surface area contributed by atoms with Crippen LogP contribution in [0.4, 0.5) is 0 Å². The minimum Gasteiger partial charge on any atom is -0.493 e. The summed E-state index contributed by atoms with van der Waals surface area (Å²) in [6, 6.07) is 7.71. The molecule has 0 saturated heterocycles. The molecule has 120 valence electrons. The quantitative estimate of drug-likeness (QED) is 0.580. The summed E-state index contributed by atoms with van der Waals surface area (Å²) in [6.45, 7) is 6.55. The van der Waals surface area contributed by atoms with E-state index in [1.54, 1.807) is 0 Å². The van der Waals surface area contributed by atoms with Gasteiger partial charge in [0.15, 0.2) is 5.96 Å². The fourth-order valence-corrected chi connectivity index (χ4v) is 2.31. The lowest BCUT2D eigenvalue weighted by Crippen LogP contribution is -2.45. The van der Waals surface area contributed by atoms with E-state index in [0.717, 1.165) is 17.7 Å². The number of fused-ring (bicyclic) bond motifs is 1. The van der Waals surface area contributed by atoms with Crippen LogP contribution in [0, 0.1) is 0 Å². The van der Waals surface area contributed by atoms with Crippen LogP contribution in [0.5, 0.6) is 5.75 Å². The van der Waals surface area contributed by atoms with Crippen molar-refractivity contribution in [3.8, 4) is 5.75 Å². The van der Waals surface area contributed by atoms with Crippen molar-refractivity contribution in [2.24, 2.45) is 10.7 Å². The van der Waals surface area contributed by atoms with E-state index in [1.807, 2.05) is 45.0 Å².